The van der Waals surface area contributed by atoms with Crippen molar-refractivity contribution in [3.8, 4) is 11.5 Å². The van der Waals surface area contributed by atoms with Gasteiger partial charge in [-0.3, -0.25) is 0 Å². The van der Waals surface area contributed by atoms with E-state index in [2.05, 4.69) is 5.32 Å². The highest BCUT2D eigenvalue weighted by Gasteiger charge is 2.24. The topological polar surface area (TPSA) is 52.5 Å². The Kier molecular flexibility index (Phi) is 2.29. The lowest BCUT2D eigenvalue weighted by Crippen LogP contribution is -2.14. The van der Waals surface area contributed by atoms with Gasteiger partial charge in [-0.2, -0.15) is 0 Å². The van der Waals surface area contributed by atoms with Crippen molar-refractivity contribution in [2.24, 2.45) is 0 Å². The average molecular weight is 197 g/mol. The molecule has 1 aliphatic heterocycles. The Morgan fingerprint density at radius 1 is 1.29 bits per heavy atom. The molecule has 0 aliphatic carbocycles. The molecule has 0 amide bonds. The number of hydrogen-bond donors (Lipinski definition) is 3. The highest BCUT2D eigenvalue weighted by atomic mass is 19.1. The third-order valence-electron chi connectivity index (χ3n) is 2.55. The van der Waals surface area contributed by atoms with Gasteiger partial charge in [-0.25, -0.2) is 4.39 Å². The van der Waals surface area contributed by atoms with Crippen molar-refractivity contribution in [1.82, 2.24) is 5.32 Å². The van der Waals surface area contributed by atoms with Crippen LogP contribution in [-0.4, -0.2) is 16.8 Å². The van der Waals surface area contributed by atoms with Crippen molar-refractivity contribution >= 4 is 0 Å². The Hall–Kier alpha value is -1.29. The molecule has 1 atom stereocenters. The molecule has 1 aromatic rings. The molecule has 76 valence electrons. The van der Waals surface area contributed by atoms with Gasteiger partial charge in [0, 0.05) is 6.04 Å². The summed E-state index contributed by atoms with van der Waals surface area (Å²) < 4.78 is 13.5. The summed E-state index contributed by atoms with van der Waals surface area (Å²) in [6.45, 7) is 0.819. The predicted molar refractivity (Wildman–Crippen MR) is 49.7 cm³/mol. The van der Waals surface area contributed by atoms with E-state index in [0.717, 1.165) is 25.5 Å². The Morgan fingerprint density at radius 3 is 2.64 bits per heavy atom. The van der Waals surface area contributed by atoms with Crippen LogP contribution in [0.15, 0.2) is 12.1 Å². The summed E-state index contributed by atoms with van der Waals surface area (Å²) in [7, 11) is 0. The van der Waals surface area contributed by atoms with Gasteiger partial charge >= 0.3 is 0 Å². The van der Waals surface area contributed by atoms with Crippen LogP contribution >= 0.6 is 0 Å². The van der Waals surface area contributed by atoms with E-state index in [1.807, 2.05) is 0 Å². The first-order valence-electron chi connectivity index (χ1n) is 4.64. The number of phenolic OH excluding ortho intramolecular Hbond substituents is 2. The number of halogens is 1. The fourth-order valence-electron chi connectivity index (χ4n) is 1.83. The van der Waals surface area contributed by atoms with Gasteiger partial charge in [0.2, 0.25) is 0 Å². The average Bonchev–Trinajstić information content (AvgIpc) is 2.65. The lowest BCUT2D eigenvalue weighted by atomic mass is 10.0. The van der Waals surface area contributed by atoms with Crippen LogP contribution < -0.4 is 5.32 Å². The SMILES string of the molecule is Oc1ccc(O)c(C2CCCN2)c1F. The molecule has 1 unspecified atom stereocenters. The molecule has 3 nitrogen and oxygen atoms in total. The Bertz CT molecular complexity index is 348. The van der Waals surface area contributed by atoms with Gasteiger partial charge in [0.1, 0.15) is 5.75 Å². The number of aromatic hydroxyl groups is 2. The molecule has 0 aromatic heterocycles. The van der Waals surface area contributed by atoms with Crippen LogP contribution in [0, 0.1) is 5.82 Å². The molecule has 0 bridgehead atoms. The molecule has 1 heterocycles. The third kappa shape index (κ3) is 1.42. The smallest absolute Gasteiger partial charge is 0.173 e. The lowest BCUT2D eigenvalue weighted by Gasteiger charge is -2.13. The maximum Gasteiger partial charge on any atom is 0.173 e. The summed E-state index contributed by atoms with van der Waals surface area (Å²) in [6.07, 6.45) is 1.74. The molecule has 1 saturated heterocycles. The molecular weight excluding hydrogens is 185 g/mol. The second-order valence-corrected chi connectivity index (χ2v) is 3.48. The number of benzene rings is 1. The molecule has 1 aromatic carbocycles. The Balaban J connectivity index is 2.44. The van der Waals surface area contributed by atoms with E-state index in [9.17, 15) is 14.6 Å². The summed E-state index contributed by atoms with van der Waals surface area (Å²) in [4.78, 5) is 0. The monoisotopic (exact) mass is 197 g/mol. The molecule has 3 N–H and O–H groups in total. The normalized spacial score (nSPS) is 21.4. The third-order valence-corrected chi connectivity index (χ3v) is 2.55. The quantitative estimate of drug-likeness (QED) is 0.600. The fourth-order valence-corrected chi connectivity index (χ4v) is 1.83. The Morgan fingerprint density at radius 2 is 2.00 bits per heavy atom. The van der Waals surface area contributed by atoms with Gasteiger partial charge in [-0.05, 0) is 31.5 Å². The van der Waals surface area contributed by atoms with Gasteiger partial charge in [0.05, 0.1) is 5.56 Å². The molecule has 4 heteroatoms. The van der Waals surface area contributed by atoms with E-state index in [1.165, 1.54) is 6.07 Å². The summed E-state index contributed by atoms with van der Waals surface area (Å²) in [5.41, 5.74) is 0.183. The van der Waals surface area contributed by atoms with Gasteiger partial charge < -0.3 is 15.5 Å². The maximum atomic E-state index is 13.5. The molecule has 14 heavy (non-hydrogen) atoms. The minimum atomic E-state index is -0.718. The van der Waals surface area contributed by atoms with Crippen molar-refractivity contribution in [1.29, 1.82) is 0 Å². The van der Waals surface area contributed by atoms with Gasteiger partial charge in [0.15, 0.2) is 11.6 Å². The number of hydrogen-bond acceptors (Lipinski definition) is 3. The van der Waals surface area contributed by atoms with E-state index in [-0.39, 0.29) is 17.4 Å². The molecule has 2 rings (SSSR count). The number of nitrogens with one attached hydrogen (secondary N) is 1. The highest BCUT2D eigenvalue weighted by Crippen LogP contribution is 2.35. The largest absolute Gasteiger partial charge is 0.507 e. The molecule has 1 fully saturated rings. The standard InChI is InChI=1S/C10H12FNO2/c11-10-8(14)4-3-7(13)9(10)6-2-1-5-12-6/h3-4,6,12-14H,1-2,5H2. The second-order valence-electron chi connectivity index (χ2n) is 3.48. The van der Waals surface area contributed by atoms with Crippen molar-refractivity contribution in [2.75, 3.05) is 6.54 Å². The van der Waals surface area contributed by atoms with Crippen molar-refractivity contribution in [3.05, 3.63) is 23.5 Å². The van der Waals surface area contributed by atoms with Crippen LogP contribution in [0.2, 0.25) is 0 Å². The van der Waals surface area contributed by atoms with Crippen LogP contribution in [0.4, 0.5) is 4.39 Å². The summed E-state index contributed by atoms with van der Waals surface area (Å²) in [5, 5.41) is 21.7. The van der Waals surface area contributed by atoms with Gasteiger partial charge in [0.25, 0.3) is 0 Å². The van der Waals surface area contributed by atoms with Crippen LogP contribution in [0.1, 0.15) is 24.4 Å². The zero-order valence-corrected chi connectivity index (χ0v) is 7.63. The minimum Gasteiger partial charge on any atom is -0.507 e. The molecule has 0 radical (unpaired) electrons. The first-order valence-corrected chi connectivity index (χ1v) is 4.64. The lowest BCUT2D eigenvalue weighted by molar-refractivity contribution is 0.403. The summed E-state index contributed by atoms with van der Waals surface area (Å²) >= 11 is 0. The maximum absolute atomic E-state index is 13.5. The highest BCUT2D eigenvalue weighted by molar-refractivity contribution is 5.42. The molecule has 0 spiro atoms. The van der Waals surface area contributed by atoms with Crippen molar-refractivity contribution in [3.63, 3.8) is 0 Å². The Labute approximate surface area is 81.2 Å². The zero-order chi connectivity index (χ0) is 10.1. The summed E-state index contributed by atoms with van der Waals surface area (Å²) in [5.74, 6) is -1.23. The predicted octanol–water partition coefficient (Wildman–Crippen LogP) is 1.66. The van der Waals surface area contributed by atoms with E-state index >= 15 is 0 Å². The first kappa shape index (κ1) is 9.27. The number of phenols is 2. The van der Waals surface area contributed by atoms with E-state index in [1.54, 1.807) is 0 Å². The number of rotatable bonds is 1. The van der Waals surface area contributed by atoms with Crippen LogP contribution in [-0.2, 0) is 0 Å². The van der Waals surface area contributed by atoms with E-state index in [4.69, 9.17) is 0 Å². The van der Waals surface area contributed by atoms with Crippen molar-refractivity contribution < 1.29 is 14.6 Å². The minimum absolute atomic E-state index is 0.0975. The van der Waals surface area contributed by atoms with Crippen LogP contribution in [0.5, 0.6) is 11.5 Å². The molecule has 1 aliphatic rings. The van der Waals surface area contributed by atoms with Crippen molar-refractivity contribution in [2.45, 2.75) is 18.9 Å². The molecular formula is C10H12FNO2. The van der Waals surface area contributed by atoms with Gasteiger partial charge in [-0.1, -0.05) is 0 Å². The second kappa shape index (κ2) is 3.46. The fraction of sp³-hybridized carbons (Fsp3) is 0.400. The molecule has 0 saturated carbocycles. The van der Waals surface area contributed by atoms with Crippen LogP contribution in [0.25, 0.3) is 0 Å². The zero-order valence-electron chi connectivity index (χ0n) is 7.63. The first-order chi connectivity index (χ1) is 6.70. The van der Waals surface area contributed by atoms with Gasteiger partial charge in [-0.15, -0.1) is 0 Å². The van der Waals surface area contributed by atoms with E-state index in [0.29, 0.717) is 0 Å². The summed E-state index contributed by atoms with van der Waals surface area (Å²) in [6, 6.07) is 2.29. The van der Waals surface area contributed by atoms with Crippen LogP contribution in [0.3, 0.4) is 0 Å². The van der Waals surface area contributed by atoms with E-state index < -0.39 is 11.6 Å².